The summed E-state index contributed by atoms with van der Waals surface area (Å²) in [6, 6.07) is 0. The third kappa shape index (κ3) is 52.4. The highest BCUT2D eigenvalue weighted by molar-refractivity contribution is 5.71. The van der Waals surface area contributed by atoms with E-state index >= 15 is 0 Å². The molecule has 1 atom stereocenters. The van der Waals surface area contributed by atoms with Gasteiger partial charge in [0.15, 0.2) is 6.10 Å². The summed E-state index contributed by atoms with van der Waals surface area (Å²) < 4.78 is 16.6. The van der Waals surface area contributed by atoms with E-state index in [2.05, 4.69) is 136 Å². The standard InChI is InChI=1S/C61H96O6/c1-4-7-10-13-16-19-22-25-27-29-30-32-33-36-39-42-45-48-51-54-60(63)66-57-58(56-65-59(62)53-50-47-44-41-38-35-24-21-18-15-12-9-6-3)67-61(64)55-52-49-46-43-40-37-34-31-28-26-23-20-17-14-11-8-5-2/h7,10,16,19,25-28,30,32,34-39,43-48,58H,4-6,8-9,11-15,17-18,20-24,29,31,33,40-42,49-57H2,1-3H3/b10-7+,19-16+,27-25+,28-26+,32-30+,37-34+,38-35+,39-36+,46-43+,47-44+,48-45+. The van der Waals surface area contributed by atoms with Gasteiger partial charge in [-0.2, -0.15) is 0 Å². The average molecular weight is 925 g/mol. The highest BCUT2D eigenvalue weighted by Crippen LogP contribution is 2.10. The molecule has 0 bridgehead atoms. The molecule has 0 aliphatic rings. The molecule has 0 saturated heterocycles. The van der Waals surface area contributed by atoms with Crippen molar-refractivity contribution in [3.05, 3.63) is 134 Å². The van der Waals surface area contributed by atoms with Gasteiger partial charge in [-0.15, -0.1) is 0 Å². The monoisotopic (exact) mass is 925 g/mol. The Hall–Kier alpha value is -4.45. The Morgan fingerprint density at radius 2 is 0.612 bits per heavy atom. The first-order chi connectivity index (χ1) is 33.0. The highest BCUT2D eigenvalue weighted by atomic mass is 16.6. The maximum absolute atomic E-state index is 12.8. The third-order valence-electron chi connectivity index (χ3n) is 10.6. The molecule has 0 fully saturated rings. The van der Waals surface area contributed by atoms with Gasteiger partial charge < -0.3 is 14.2 Å². The van der Waals surface area contributed by atoms with Crippen LogP contribution in [0, 0.1) is 0 Å². The number of rotatable bonds is 46. The lowest BCUT2D eigenvalue weighted by molar-refractivity contribution is -0.166. The van der Waals surface area contributed by atoms with Crippen LogP contribution in [0.15, 0.2) is 134 Å². The number of esters is 3. The molecule has 0 heterocycles. The molecule has 0 aliphatic heterocycles. The van der Waals surface area contributed by atoms with E-state index in [1.54, 1.807) is 0 Å². The summed E-state index contributed by atoms with van der Waals surface area (Å²) in [5.41, 5.74) is 0. The van der Waals surface area contributed by atoms with Gasteiger partial charge in [0.1, 0.15) is 13.2 Å². The second-order valence-electron chi connectivity index (χ2n) is 17.0. The molecule has 0 aliphatic carbocycles. The van der Waals surface area contributed by atoms with Gasteiger partial charge in [0.25, 0.3) is 0 Å². The van der Waals surface area contributed by atoms with E-state index in [9.17, 15) is 14.4 Å². The Balaban J connectivity index is 4.65. The molecule has 6 heteroatoms. The molecule has 376 valence electrons. The number of hydrogen-bond acceptors (Lipinski definition) is 6. The lowest BCUT2D eigenvalue weighted by atomic mass is 10.1. The van der Waals surface area contributed by atoms with Gasteiger partial charge in [-0.05, 0) is 109 Å². The fourth-order valence-electron chi connectivity index (χ4n) is 6.65. The van der Waals surface area contributed by atoms with E-state index in [-0.39, 0.29) is 44.4 Å². The Morgan fingerprint density at radius 3 is 0.970 bits per heavy atom. The van der Waals surface area contributed by atoms with Crippen molar-refractivity contribution in [2.75, 3.05) is 13.2 Å². The number of unbranched alkanes of at least 4 members (excludes halogenated alkanes) is 13. The summed E-state index contributed by atoms with van der Waals surface area (Å²) in [7, 11) is 0. The van der Waals surface area contributed by atoms with Crippen LogP contribution >= 0.6 is 0 Å². The summed E-state index contributed by atoms with van der Waals surface area (Å²) in [5.74, 6) is -1.17. The number of ether oxygens (including phenoxy) is 3. The van der Waals surface area contributed by atoms with E-state index in [1.807, 2.05) is 18.2 Å². The first kappa shape index (κ1) is 62.5. The molecule has 6 nitrogen and oxygen atoms in total. The van der Waals surface area contributed by atoms with Gasteiger partial charge in [-0.25, -0.2) is 0 Å². The number of hydrogen-bond donors (Lipinski definition) is 0. The third-order valence-corrected chi connectivity index (χ3v) is 10.6. The molecule has 0 saturated carbocycles. The quantitative estimate of drug-likeness (QED) is 0.0262. The molecule has 0 N–H and O–H groups in total. The molecule has 0 spiro atoms. The van der Waals surface area contributed by atoms with Crippen LogP contribution in [0.25, 0.3) is 0 Å². The molecule has 0 rings (SSSR count). The topological polar surface area (TPSA) is 78.9 Å². The van der Waals surface area contributed by atoms with Gasteiger partial charge in [-0.3, -0.25) is 14.4 Å². The largest absolute Gasteiger partial charge is 0.462 e. The highest BCUT2D eigenvalue weighted by Gasteiger charge is 2.19. The molecule has 0 radical (unpaired) electrons. The smallest absolute Gasteiger partial charge is 0.306 e. The SMILES string of the molecule is CC/C=C/C/C=C/C/C=C/C/C=C/C/C=C/C/C=C/CCC(=O)OCC(COC(=O)CC/C=C/C/C=C/CCCCCCCC)OC(=O)CCC/C=C/C/C=C/C/C=C/CCCCCCCC. The maximum atomic E-state index is 12.8. The predicted octanol–water partition coefficient (Wildman–Crippen LogP) is 17.9. The molecule has 0 aromatic carbocycles. The Bertz CT molecular complexity index is 1480. The Labute approximate surface area is 411 Å². The van der Waals surface area contributed by atoms with Gasteiger partial charge in [0.05, 0.1) is 0 Å². The van der Waals surface area contributed by atoms with E-state index in [4.69, 9.17) is 14.2 Å². The van der Waals surface area contributed by atoms with Crippen molar-refractivity contribution in [1.29, 1.82) is 0 Å². The van der Waals surface area contributed by atoms with Gasteiger partial charge in [-0.1, -0.05) is 219 Å². The van der Waals surface area contributed by atoms with Crippen LogP contribution in [-0.2, 0) is 28.6 Å². The van der Waals surface area contributed by atoms with Crippen LogP contribution in [0.1, 0.15) is 213 Å². The first-order valence-corrected chi connectivity index (χ1v) is 26.7. The zero-order valence-corrected chi connectivity index (χ0v) is 42.9. The second kappa shape index (κ2) is 54.2. The zero-order valence-electron chi connectivity index (χ0n) is 42.9. The molecular weight excluding hydrogens is 829 g/mol. The van der Waals surface area contributed by atoms with Crippen molar-refractivity contribution in [1.82, 2.24) is 0 Å². The molecule has 1 unspecified atom stereocenters. The van der Waals surface area contributed by atoms with Crippen LogP contribution in [0.4, 0.5) is 0 Å². The van der Waals surface area contributed by atoms with Crippen molar-refractivity contribution in [3.63, 3.8) is 0 Å². The molecule has 0 amide bonds. The zero-order chi connectivity index (χ0) is 48.6. The van der Waals surface area contributed by atoms with E-state index < -0.39 is 12.1 Å². The maximum Gasteiger partial charge on any atom is 0.306 e. The summed E-state index contributed by atoms with van der Waals surface area (Å²) >= 11 is 0. The minimum Gasteiger partial charge on any atom is -0.462 e. The normalized spacial score (nSPS) is 13.2. The summed E-state index contributed by atoms with van der Waals surface area (Å²) in [4.78, 5) is 37.9. The van der Waals surface area contributed by atoms with Crippen molar-refractivity contribution < 1.29 is 28.6 Å². The lowest BCUT2D eigenvalue weighted by Crippen LogP contribution is -2.30. The molecule has 0 aromatic heterocycles. The summed E-state index contributed by atoms with van der Waals surface area (Å²) in [5, 5.41) is 0. The predicted molar refractivity (Wildman–Crippen MR) is 288 cm³/mol. The first-order valence-electron chi connectivity index (χ1n) is 26.7. The Morgan fingerprint density at radius 1 is 0.313 bits per heavy atom. The van der Waals surface area contributed by atoms with Crippen molar-refractivity contribution in [3.8, 4) is 0 Å². The van der Waals surface area contributed by atoms with Crippen LogP contribution < -0.4 is 0 Å². The summed E-state index contributed by atoms with van der Waals surface area (Å²) in [6.07, 6.45) is 76.1. The van der Waals surface area contributed by atoms with Crippen LogP contribution in [-0.4, -0.2) is 37.2 Å². The fraction of sp³-hybridized carbons (Fsp3) is 0.590. The molecular formula is C61H96O6. The fourth-order valence-corrected chi connectivity index (χ4v) is 6.65. The Kier molecular flexibility index (Phi) is 50.6. The molecule has 67 heavy (non-hydrogen) atoms. The summed E-state index contributed by atoms with van der Waals surface area (Å²) in [6.45, 7) is 6.33. The van der Waals surface area contributed by atoms with Crippen LogP contribution in [0.2, 0.25) is 0 Å². The van der Waals surface area contributed by atoms with Gasteiger partial charge in [0, 0.05) is 19.3 Å². The number of allylic oxidation sites excluding steroid dienone is 22. The molecule has 0 aromatic rings. The van der Waals surface area contributed by atoms with Crippen LogP contribution in [0.5, 0.6) is 0 Å². The van der Waals surface area contributed by atoms with E-state index in [1.165, 1.54) is 83.5 Å². The minimum absolute atomic E-state index is 0.156. The van der Waals surface area contributed by atoms with Crippen molar-refractivity contribution in [2.45, 2.75) is 219 Å². The van der Waals surface area contributed by atoms with Crippen molar-refractivity contribution in [2.24, 2.45) is 0 Å². The van der Waals surface area contributed by atoms with E-state index in [0.29, 0.717) is 19.3 Å². The second-order valence-corrected chi connectivity index (χ2v) is 17.0. The van der Waals surface area contributed by atoms with Crippen LogP contribution in [0.3, 0.4) is 0 Å². The minimum atomic E-state index is -0.862. The van der Waals surface area contributed by atoms with Gasteiger partial charge >= 0.3 is 17.9 Å². The van der Waals surface area contributed by atoms with Gasteiger partial charge in [0.2, 0.25) is 0 Å². The average Bonchev–Trinajstić information content (AvgIpc) is 3.33. The van der Waals surface area contributed by atoms with E-state index in [0.717, 1.165) is 70.6 Å². The lowest BCUT2D eigenvalue weighted by Gasteiger charge is -2.18. The number of carbonyl (C=O) groups excluding carboxylic acids is 3. The number of carbonyl (C=O) groups is 3. The van der Waals surface area contributed by atoms with Crippen molar-refractivity contribution >= 4 is 17.9 Å².